The van der Waals surface area contributed by atoms with Crippen LogP contribution in [-0.2, 0) is 4.74 Å². The molecule has 1 aliphatic rings. The molecule has 0 aliphatic carbocycles. The molecule has 1 fully saturated rings. The normalized spacial score (nSPS) is 14.8. The monoisotopic (exact) mass is 312 g/mol. The highest BCUT2D eigenvalue weighted by molar-refractivity contribution is 5.49. The Morgan fingerprint density at radius 2 is 2.14 bits per heavy atom. The van der Waals surface area contributed by atoms with Crippen molar-refractivity contribution in [2.75, 3.05) is 39.5 Å². The lowest BCUT2D eigenvalue weighted by atomic mass is 10.2. The number of hydrogen-bond acceptors (Lipinski definition) is 6. The second-order valence-electron chi connectivity index (χ2n) is 4.35. The minimum Gasteiger partial charge on any atom is -1.00 e. The summed E-state index contributed by atoms with van der Waals surface area (Å²) in [5.41, 5.74) is 0.225. The molecule has 114 valence electrons. The van der Waals surface area contributed by atoms with Crippen molar-refractivity contribution in [2.45, 2.75) is 0 Å². The summed E-state index contributed by atoms with van der Waals surface area (Å²) < 4.78 is 10.8. The molecule has 2 rings (SSSR count). The first-order valence-corrected chi connectivity index (χ1v) is 6.32. The second kappa shape index (κ2) is 8.42. The quantitative estimate of drug-likeness (QED) is 0.470. The lowest BCUT2D eigenvalue weighted by Gasteiger charge is -2.26. The Labute approximate surface area is 128 Å². The van der Waals surface area contributed by atoms with Crippen LogP contribution in [0.2, 0.25) is 0 Å². The summed E-state index contributed by atoms with van der Waals surface area (Å²) in [4.78, 5) is 12.4. The third-order valence-electron chi connectivity index (χ3n) is 3.07. The van der Waals surface area contributed by atoms with Gasteiger partial charge in [-0.25, -0.2) is 0 Å². The van der Waals surface area contributed by atoms with Crippen molar-refractivity contribution in [3.8, 4) is 11.8 Å². The number of rotatable bonds is 5. The lowest BCUT2D eigenvalue weighted by molar-refractivity contribution is -0.384. The summed E-state index contributed by atoms with van der Waals surface area (Å²) in [6.45, 7) is 4.21. The fraction of sp³-hybridized carbons (Fsp3) is 0.462. The first-order chi connectivity index (χ1) is 9.70. The minimum absolute atomic E-state index is 0. The number of halogens is 1. The SMILES string of the molecule is N#Cc1ccc([N+](=O)[O-])cc1OCCN1CCOCC1.[Cl-]. The highest BCUT2D eigenvalue weighted by Gasteiger charge is 2.13. The fourth-order valence-corrected chi connectivity index (χ4v) is 1.95. The van der Waals surface area contributed by atoms with Gasteiger partial charge in [0.1, 0.15) is 18.4 Å². The molecule has 21 heavy (non-hydrogen) atoms. The summed E-state index contributed by atoms with van der Waals surface area (Å²) in [5.74, 6) is 0.259. The number of nitro groups is 1. The van der Waals surface area contributed by atoms with E-state index in [0.29, 0.717) is 31.9 Å². The summed E-state index contributed by atoms with van der Waals surface area (Å²) >= 11 is 0. The Hall–Kier alpha value is -1.88. The third kappa shape index (κ3) is 4.86. The van der Waals surface area contributed by atoms with Gasteiger partial charge in [0.25, 0.3) is 5.69 Å². The minimum atomic E-state index is -0.504. The standard InChI is InChI=1S/C13H15N3O4.ClH/c14-10-11-1-2-12(16(17)18)9-13(11)20-8-5-15-3-6-19-7-4-15;/h1-2,9H,3-8H2;1H/p-1. The molecule has 0 saturated carbocycles. The number of morpholine rings is 1. The van der Waals surface area contributed by atoms with E-state index in [0.717, 1.165) is 13.1 Å². The van der Waals surface area contributed by atoms with Crippen LogP contribution >= 0.6 is 0 Å². The topological polar surface area (TPSA) is 88.6 Å². The Morgan fingerprint density at radius 3 is 2.76 bits per heavy atom. The maximum Gasteiger partial charge on any atom is 0.273 e. The van der Waals surface area contributed by atoms with Crippen LogP contribution in [0.4, 0.5) is 5.69 Å². The first-order valence-electron chi connectivity index (χ1n) is 6.32. The number of hydrogen-bond donors (Lipinski definition) is 0. The maximum absolute atomic E-state index is 10.7. The van der Waals surface area contributed by atoms with Crippen LogP contribution in [0.25, 0.3) is 0 Å². The first kappa shape index (κ1) is 17.2. The van der Waals surface area contributed by atoms with Gasteiger partial charge in [0.15, 0.2) is 0 Å². The number of ether oxygens (including phenoxy) is 2. The second-order valence-corrected chi connectivity index (χ2v) is 4.35. The lowest BCUT2D eigenvalue weighted by Crippen LogP contribution is -3.00. The number of benzene rings is 1. The van der Waals surface area contributed by atoms with Crippen molar-refractivity contribution in [3.63, 3.8) is 0 Å². The Bertz CT molecular complexity index is 527. The van der Waals surface area contributed by atoms with E-state index in [1.807, 2.05) is 6.07 Å². The van der Waals surface area contributed by atoms with Crippen molar-refractivity contribution in [1.29, 1.82) is 5.26 Å². The van der Waals surface area contributed by atoms with E-state index < -0.39 is 4.92 Å². The average Bonchev–Trinajstić information content (AvgIpc) is 2.48. The van der Waals surface area contributed by atoms with Crippen LogP contribution in [-0.4, -0.2) is 49.3 Å². The number of nitrogens with zero attached hydrogens (tertiary/aromatic N) is 3. The highest BCUT2D eigenvalue weighted by Crippen LogP contribution is 2.24. The zero-order valence-corrected chi connectivity index (χ0v) is 12.1. The predicted octanol–water partition coefficient (Wildman–Crippen LogP) is -1.82. The van der Waals surface area contributed by atoms with E-state index in [2.05, 4.69) is 4.90 Å². The van der Waals surface area contributed by atoms with Crippen molar-refractivity contribution in [1.82, 2.24) is 4.90 Å². The molecule has 0 atom stereocenters. The zero-order chi connectivity index (χ0) is 14.4. The Kier molecular flexibility index (Phi) is 6.88. The molecule has 1 heterocycles. The van der Waals surface area contributed by atoms with Crippen molar-refractivity contribution < 1.29 is 26.8 Å². The van der Waals surface area contributed by atoms with Gasteiger partial charge in [0.05, 0.1) is 29.8 Å². The predicted molar refractivity (Wildman–Crippen MR) is 70.6 cm³/mol. The Morgan fingerprint density at radius 1 is 1.43 bits per heavy atom. The highest BCUT2D eigenvalue weighted by atomic mass is 35.5. The fourth-order valence-electron chi connectivity index (χ4n) is 1.95. The summed E-state index contributed by atoms with van der Waals surface area (Å²) in [5, 5.41) is 19.7. The van der Waals surface area contributed by atoms with Crippen LogP contribution in [0, 0.1) is 21.4 Å². The van der Waals surface area contributed by atoms with Crippen LogP contribution in [0.15, 0.2) is 18.2 Å². The van der Waals surface area contributed by atoms with Crippen molar-refractivity contribution >= 4 is 5.69 Å². The molecule has 0 radical (unpaired) electrons. The van der Waals surface area contributed by atoms with E-state index in [9.17, 15) is 10.1 Å². The smallest absolute Gasteiger partial charge is 0.273 e. The molecule has 0 unspecified atom stereocenters. The van der Waals surface area contributed by atoms with Crippen molar-refractivity contribution in [2.24, 2.45) is 0 Å². The molecule has 1 aliphatic heterocycles. The molecule has 8 heteroatoms. The van der Waals surface area contributed by atoms with Gasteiger partial charge >= 0.3 is 0 Å². The van der Waals surface area contributed by atoms with Crippen LogP contribution in [0.5, 0.6) is 5.75 Å². The number of nitro benzene ring substituents is 1. The Balaban J connectivity index is 0.00000220. The molecule has 0 N–H and O–H groups in total. The van der Waals surface area contributed by atoms with E-state index in [1.165, 1.54) is 18.2 Å². The molecule has 0 spiro atoms. The van der Waals surface area contributed by atoms with Gasteiger partial charge in [-0.15, -0.1) is 0 Å². The molecule has 0 amide bonds. The van der Waals surface area contributed by atoms with Crippen molar-refractivity contribution in [3.05, 3.63) is 33.9 Å². The van der Waals surface area contributed by atoms with Gasteiger partial charge in [-0.3, -0.25) is 15.0 Å². The number of non-ortho nitro benzene ring substituents is 1. The van der Waals surface area contributed by atoms with Gasteiger partial charge in [0, 0.05) is 25.7 Å². The van der Waals surface area contributed by atoms with E-state index in [1.54, 1.807) is 0 Å². The summed E-state index contributed by atoms with van der Waals surface area (Å²) in [7, 11) is 0. The van der Waals surface area contributed by atoms with Gasteiger partial charge in [0.2, 0.25) is 0 Å². The molecular formula is C13H15ClN3O4-. The number of nitriles is 1. The molecule has 1 aromatic rings. The van der Waals surface area contributed by atoms with E-state index in [4.69, 9.17) is 14.7 Å². The van der Waals surface area contributed by atoms with Gasteiger partial charge < -0.3 is 21.9 Å². The van der Waals surface area contributed by atoms with Gasteiger partial charge in [-0.1, -0.05) is 0 Å². The largest absolute Gasteiger partial charge is 1.00 e. The molecule has 1 aromatic carbocycles. The molecule has 0 bridgehead atoms. The molecule has 7 nitrogen and oxygen atoms in total. The summed E-state index contributed by atoms with van der Waals surface area (Å²) in [6.07, 6.45) is 0. The summed E-state index contributed by atoms with van der Waals surface area (Å²) in [6, 6.07) is 5.96. The van der Waals surface area contributed by atoms with Crippen LogP contribution in [0.1, 0.15) is 5.56 Å². The maximum atomic E-state index is 10.7. The molecular weight excluding hydrogens is 298 g/mol. The van der Waals surface area contributed by atoms with E-state index in [-0.39, 0.29) is 23.8 Å². The van der Waals surface area contributed by atoms with Gasteiger partial charge in [-0.2, -0.15) is 5.26 Å². The van der Waals surface area contributed by atoms with Crippen LogP contribution in [0.3, 0.4) is 0 Å². The molecule has 1 saturated heterocycles. The van der Waals surface area contributed by atoms with E-state index >= 15 is 0 Å². The zero-order valence-electron chi connectivity index (χ0n) is 11.3. The van der Waals surface area contributed by atoms with Crippen LogP contribution < -0.4 is 17.1 Å². The third-order valence-corrected chi connectivity index (χ3v) is 3.07. The molecule has 0 aromatic heterocycles. The van der Waals surface area contributed by atoms with Gasteiger partial charge in [-0.05, 0) is 6.07 Å². The average molecular weight is 313 g/mol.